The molecule has 0 saturated heterocycles. The van der Waals surface area contributed by atoms with Gasteiger partial charge in [-0.25, -0.2) is 0 Å². The van der Waals surface area contributed by atoms with E-state index in [4.69, 9.17) is 4.74 Å². The number of hydrogen-bond donors (Lipinski definition) is 2. The van der Waals surface area contributed by atoms with Crippen molar-refractivity contribution in [3.8, 4) is 5.75 Å². The summed E-state index contributed by atoms with van der Waals surface area (Å²) in [5, 5.41) is 14.7. The second-order valence-electron chi connectivity index (χ2n) is 6.26. The van der Waals surface area contributed by atoms with Crippen molar-refractivity contribution in [2.75, 3.05) is 12.4 Å². The van der Waals surface area contributed by atoms with E-state index >= 15 is 0 Å². The largest absolute Gasteiger partial charge is 0.495 e. The Hall–Kier alpha value is -1.22. The van der Waals surface area contributed by atoms with Crippen LogP contribution in [-0.4, -0.2) is 23.9 Å². The number of aliphatic hydroxyl groups is 1. The Morgan fingerprint density at radius 1 is 1.15 bits per heavy atom. The van der Waals surface area contributed by atoms with Crippen LogP contribution in [0.25, 0.3) is 0 Å². The zero-order chi connectivity index (χ0) is 14.0. The summed E-state index contributed by atoms with van der Waals surface area (Å²) >= 11 is 0. The van der Waals surface area contributed by atoms with E-state index in [0.29, 0.717) is 5.92 Å². The van der Waals surface area contributed by atoms with E-state index < -0.39 is 5.60 Å². The molecular weight excluding hydrogens is 250 g/mol. The van der Waals surface area contributed by atoms with Gasteiger partial charge in [0, 0.05) is 0 Å². The quantitative estimate of drug-likeness (QED) is 0.886. The topological polar surface area (TPSA) is 41.5 Å². The van der Waals surface area contributed by atoms with Crippen molar-refractivity contribution in [1.29, 1.82) is 0 Å². The van der Waals surface area contributed by atoms with Crippen LogP contribution in [0, 0.1) is 5.92 Å². The average Bonchev–Trinajstić information content (AvgIpc) is 2.48. The molecule has 2 aliphatic rings. The minimum Gasteiger partial charge on any atom is -0.495 e. The Morgan fingerprint density at radius 3 is 2.80 bits per heavy atom. The van der Waals surface area contributed by atoms with Crippen LogP contribution in [0.1, 0.15) is 44.9 Å². The predicted octanol–water partition coefficient (Wildman–Crippen LogP) is 3.58. The Bertz CT molecular complexity index is 460. The van der Waals surface area contributed by atoms with E-state index in [-0.39, 0.29) is 6.04 Å². The first kappa shape index (κ1) is 13.7. The molecule has 2 N–H and O–H groups in total. The van der Waals surface area contributed by atoms with Gasteiger partial charge in [0.05, 0.1) is 24.4 Å². The lowest BCUT2D eigenvalue weighted by Crippen LogP contribution is -2.56. The summed E-state index contributed by atoms with van der Waals surface area (Å²) in [7, 11) is 1.69. The highest BCUT2D eigenvalue weighted by Gasteiger charge is 2.47. The molecule has 0 amide bonds. The molecule has 0 bridgehead atoms. The summed E-state index contributed by atoms with van der Waals surface area (Å²) in [4.78, 5) is 0. The van der Waals surface area contributed by atoms with E-state index in [1.807, 2.05) is 24.3 Å². The van der Waals surface area contributed by atoms with E-state index in [0.717, 1.165) is 30.7 Å². The van der Waals surface area contributed by atoms with E-state index in [2.05, 4.69) is 5.32 Å². The summed E-state index contributed by atoms with van der Waals surface area (Å²) in [5.41, 5.74) is 0.469. The van der Waals surface area contributed by atoms with Gasteiger partial charge in [0.2, 0.25) is 0 Å². The van der Waals surface area contributed by atoms with Crippen LogP contribution < -0.4 is 10.1 Å². The maximum absolute atomic E-state index is 11.2. The second-order valence-corrected chi connectivity index (χ2v) is 6.26. The Balaban J connectivity index is 1.81. The highest BCUT2D eigenvalue weighted by molar-refractivity contribution is 5.57. The van der Waals surface area contributed by atoms with Gasteiger partial charge in [-0.1, -0.05) is 31.4 Å². The molecule has 2 fully saturated rings. The molecule has 2 unspecified atom stereocenters. The van der Waals surface area contributed by atoms with Crippen LogP contribution >= 0.6 is 0 Å². The zero-order valence-corrected chi connectivity index (χ0v) is 12.3. The second kappa shape index (κ2) is 5.65. The van der Waals surface area contributed by atoms with Crippen LogP contribution in [-0.2, 0) is 0 Å². The number of para-hydroxylation sites is 2. The summed E-state index contributed by atoms with van der Waals surface area (Å²) in [6.45, 7) is 0. The van der Waals surface area contributed by atoms with E-state index in [9.17, 15) is 5.11 Å². The van der Waals surface area contributed by atoms with E-state index in [1.54, 1.807) is 7.11 Å². The number of nitrogens with one attached hydrogen (secondary N) is 1. The number of methoxy groups -OCH3 is 1. The normalized spacial score (nSPS) is 33.3. The average molecular weight is 275 g/mol. The molecule has 20 heavy (non-hydrogen) atoms. The van der Waals surface area contributed by atoms with Crippen molar-refractivity contribution in [3.63, 3.8) is 0 Å². The Morgan fingerprint density at radius 2 is 1.95 bits per heavy atom. The van der Waals surface area contributed by atoms with E-state index in [1.165, 1.54) is 25.7 Å². The third-order valence-corrected chi connectivity index (χ3v) is 5.17. The third kappa shape index (κ3) is 2.39. The fourth-order valence-corrected chi connectivity index (χ4v) is 4.07. The molecule has 0 spiro atoms. The van der Waals surface area contributed by atoms with Crippen molar-refractivity contribution < 1.29 is 9.84 Å². The van der Waals surface area contributed by atoms with Crippen molar-refractivity contribution in [3.05, 3.63) is 24.3 Å². The highest BCUT2D eigenvalue weighted by atomic mass is 16.5. The van der Waals surface area contributed by atoms with Crippen LogP contribution in [0.15, 0.2) is 24.3 Å². The minimum atomic E-state index is -0.530. The van der Waals surface area contributed by atoms with Gasteiger partial charge in [0.1, 0.15) is 5.75 Å². The molecule has 1 aromatic rings. The molecule has 3 heteroatoms. The van der Waals surface area contributed by atoms with Gasteiger partial charge in [-0.15, -0.1) is 0 Å². The molecule has 1 aromatic carbocycles. The molecule has 0 heterocycles. The van der Waals surface area contributed by atoms with Gasteiger partial charge >= 0.3 is 0 Å². The highest BCUT2D eigenvalue weighted by Crippen LogP contribution is 2.45. The van der Waals surface area contributed by atoms with Crippen molar-refractivity contribution >= 4 is 5.69 Å². The van der Waals surface area contributed by atoms with Crippen LogP contribution in [0.3, 0.4) is 0 Å². The smallest absolute Gasteiger partial charge is 0.141 e. The fourth-order valence-electron chi connectivity index (χ4n) is 4.07. The van der Waals surface area contributed by atoms with Crippen molar-refractivity contribution in [1.82, 2.24) is 0 Å². The van der Waals surface area contributed by atoms with Gasteiger partial charge in [-0.3, -0.25) is 0 Å². The fraction of sp³-hybridized carbons (Fsp3) is 0.647. The molecule has 2 aliphatic carbocycles. The third-order valence-electron chi connectivity index (χ3n) is 5.17. The maximum Gasteiger partial charge on any atom is 0.141 e. The van der Waals surface area contributed by atoms with Gasteiger partial charge in [0.25, 0.3) is 0 Å². The maximum atomic E-state index is 11.2. The molecule has 110 valence electrons. The lowest BCUT2D eigenvalue weighted by Gasteiger charge is -2.49. The number of rotatable bonds is 3. The van der Waals surface area contributed by atoms with Gasteiger partial charge < -0.3 is 15.2 Å². The first-order valence-corrected chi connectivity index (χ1v) is 7.86. The molecule has 3 rings (SSSR count). The molecular formula is C17H25NO2. The number of hydrogen-bond acceptors (Lipinski definition) is 3. The summed E-state index contributed by atoms with van der Waals surface area (Å²) in [6.07, 6.45) is 7.97. The number of benzene rings is 1. The Kier molecular flexibility index (Phi) is 3.88. The predicted molar refractivity (Wildman–Crippen MR) is 81.2 cm³/mol. The lowest BCUT2D eigenvalue weighted by molar-refractivity contribution is -0.0835. The van der Waals surface area contributed by atoms with Crippen molar-refractivity contribution in [2.24, 2.45) is 5.92 Å². The van der Waals surface area contributed by atoms with Crippen LogP contribution in [0.4, 0.5) is 5.69 Å². The summed E-state index contributed by atoms with van der Waals surface area (Å²) < 4.78 is 5.41. The van der Waals surface area contributed by atoms with Gasteiger partial charge in [0.15, 0.2) is 0 Å². The first-order valence-electron chi connectivity index (χ1n) is 7.86. The minimum absolute atomic E-state index is 0.151. The molecule has 3 atom stereocenters. The van der Waals surface area contributed by atoms with Crippen molar-refractivity contribution in [2.45, 2.75) is 56.6 Å². The van der Waals surface area contributed by atoms with Crippen LogP contribution in [0.2, 0.25) is 0 Å². The first-order chi connectivity index (χ1) is 9.74. The molecule has 2 saturated carbocycles. The zero-order valence-electron chi connectivity index (χ0n) is 12.3. The standard InChI is InChI=1S/C17H25NO2/c1-20-15-10-3-2-9-14(15)18-16-11-6-8-13-7-4-5-12-17(13,16)19/h2-3,9-10,13,16,18-19H,4-8,11-12H2,1H3/t13?,16-,17?/m0/s1. The number of anilines is 1. The SMILES string of the molecule is COc1ccccc1N[C@H]1CCCC2CCCCC21O. The molecule has 0 aromatic heterocycles. The molecule has 0 radical (unpaired) electrons. The lowest BCUT2D eigenvalue weighted by atomic mass is 9.65. The monoisotopic (exact) mass is 275 g/mol. The van der Waals surface area contributed by atoms with Gasteiger partial charge in [-0.05, 0) is 43.7 Å². The van der Waals surface area contributed by atoms with Crippen LogP contribution in [0.5, 0.6) is 5.75 Å². The van der Waals surface area contributed by atoms with Gasteiger partial charge in [-0.2, -0.15) is 0 Å². The number of ether oxygens (including phenoxy) is 1. The molecule has 3 nitrogen and oxygen atoms in total. The summed E-state index contributed by atoms with van der Waals surface area (Å²) in [5.74, 6) is 1.33. The summed E-state index contributed by atoms with van der Waals surface area (Å²) in [6, 6.07) is 8.14. The number of fused-ring (bicyclic) bond motifs is 1. The molecule has 0 aliphatic heterocycles. The Labute approximate surface area is 121 Å².